The van der Waals surface area contributed by atoms with E-state index in [1.165, 1.54) is 18.2 Å². The summed E-state index contributed by atoms with van der Waals surface area (Å²) in [4.78, 5) is 0. The zero-order valence-corrected chi connectivity index (χ0v) is 12.6. The van der Waals surface area contributed by atoms with Crippen molar-refractivity contribution < 1.29 is 31.8 Å². The molecule has 0 fully saturated rings. The van der Waals surface area contributed by atoms with Gasteiger partial charge in [0, 0.05) is 6.26 Å². The van der Waals surface area contributed by atoms with Crippen molar-refractivity contribution in [3.05, 3.63) is 23.8 Å². The summed E-state index contributed by atoms with van der Waals surface area (Å²) >= 11 is 0. The molecule has 1 unspecified atom stereocenters. The van der Waals surface area contributed by atoms with Crippen molar-refractivity contribution in [1.82, 2.24) is 0 Å². The van der Waals surface area contributed by atoms with E-state index >= 15 is 0 Å². The summed E-state index contributed by atoms with van der Waals surface area (Å²) in [5.74, 6) is -0.229. The third-order valence-corrected chi connectivity index (χ3v) is 3.61. The monoisotopic (exact) mass is 324 g/mol. The van der Waals surface area contributed by atoms with Gasteiger partial charge in [-0.15, -0.1) is 0 Å². The Labute approximate surface area is 122 Å². The lowest BCUT2D eigenvalue weighted by Gasteiger charge is -2.15. The highest BCUT2D eigenvalue weighted by Crippen LogP contribution is 2.32. The molecule has 0 saturated carbocycles. The van der Waals surface area contributed by atoms with Gasteiger partial charge in [0.25, 0.3) is 0 Å². The first-order valence-electron chi connectivity index (χ1n) is 6.30. The van der Waals surface area contributed by atoms with Gasteiger partial charge < -0.3 is 14.6 Å². The molecule has 0 aliphatic rings. The topological polar surface area (TPSA) is 72.8 Å². The van der Waals surface area contributed by atoms with Gasteiger partial charge in [-0.2, -0.15) is 8.78 Å². The molecule has 0 radical (unpaired) electrons. The van der Waals surface area contributed by atoms with Crippen LogP contribution in [0.4, 0.5) is 8.78 Å². The van der Waals surface area contributed by atoms with Gasteiger partial charge >= 0.3 is 6.61 Å². The van der Waals surface area contributed by atoms with Crippen molar-refractivity contribution in [3.63, 3.8) is 0 Å². The van der Waals surface area contributed by atoms with Crippen molar-refractivity contribution in [1.29, 1.82) is 0 Å². The summed E-state index contributed by atoms with van der Waals surface area (Å²) in [6.07, 6.45) is 0.0595. The predicted octanol–water partition coefficient (Wildman–Crippen LogP) is 2.15. The maximum Gasteiger partial charge on any atom is 0.387 e. The summed E-state index contributed by atoms with van der Waals surface area (Å²) in [6, 6.07) is 4.03. The molecule has 0 spiro atoms. The summed E-state index contributed by atoms with van der Waals surface area (Å²) in [7, 11) is -3.19. The molecule has 1 atom stereocenters. The highest BCUT2D eigenvalue weighted by molar-refractivity contribution is 7.90. The van der Waals surface area contributed by atoms with Crippen LogP contribution in [0.3, 0.4) is 0 Å². The fourth-order valence-electron chi connectivity index (χ4n) is 1.69. The molecular weight excluding hydrogens is 306 g/mol. The van der Waals surface area contributed by atoms with Crippen LogP contribution in [0.15, 0.2) is 18.2 Å². The van der Waals surface area contributed by atoms with E-state index in [0.29, 0.717) is 5.56 Å². The normalized spacial score (nSPS) is 13.2. The van der Waals surface area contributed by atoms with Crippen molar-refractivity contribution in [2.24, 2.45) is 0 Å². The lowest BCUT2D eigenvalue weighted by atomic mass is 10.1. The second-order valence-corrected chi connectivity index (χ2v) is 6.71. The lowest BCUT2D eigenvalue weighted by Crippen LogP contribution is -2.09. The first kappa shape index (κ1) is 17.6. The maximum atomic E-state index is 12.3. The van der Waals surface area contributed by atoms with Gasteiger partial charge in [0.2, 0.25) is 0 Å². The minimum Gasteiger partial charge on any atom is -0.490 e. The quantitative estimate of drug-likeness (QED) is 0.793. The number of hydrogen-bond acceptors (Lipinski definition) is 5. The zero-order valence-electron chi connectivity index (χ0n) is 11.8. The number of ether oxygens (including phenoxy) is 2. The number of sulfone groups is 1. The fraction of sp³-hybridized carbons (Fsp3) is 0.538. The molecule has 0 aliphatic heterocycles. The van der Waals surface area contributed by atoms with Crippen LogP contribution in [-0.4, -0.2) is 38.8 Å². The Kier molecular flexibility index (Phi) is 6.35. The van der Waals surface area contributed by atoms with Crippen LogP contribution in [-0.2, 0) is 9.84 Å². The average molecular weight is 324 g/mol. The molecule has 5 nitrogen and oxygen atoms in total. The fourth-order valence-corrected chi connectivity index (χ4v) is 2.34. The van der Waals surface area contributed by atoms with Gasteiger partial charge in [-0.1, -0.05) is 6.07 Å². The van der Waals surface area contributed by atoms with E-state index in [9.17, 15) is 22.3 Å². The summed E-state index contributed by atoms with van der Waals surface area (Å²) < 4.78 is 56.2. The number of hydrogen-bond donors (Lipinski definition) is 1. The number of aliphatic hydroxyl groups is 1. The number of rotatable bonds is 8. The van der Waals surface area contributed by atoms with Gasteiger partial charge in [0.05, 0.1) is 18.5 Å². The summed E-state index contributed by atoms with van der Waals surface area (Å²) in [5, 5.41) is 9.94. The minimum atomic E-state index is -3.19. The molecule has 1 aromatic rings. The molecule has 0 aromatic heterocycles. The van der Waals surface area contributed by atoms with E-state index in [1.54, 1.807) is 6.92 Å². The van der Waals surface area contributed by atoms with E-state index in [-0.39, 0.29) is 30.3 Å². The van der Waals surface area contributed by atoms with Gasteiger partial charge in [-0.05, 0) is 31.0 Å². The molecule has 1 N–H and O–H groups in total. The van der Waals surface area contributed by atoms with E-state index in [2.05, 4.69) is 4.74 Å². The Morgan fingerprint density at radius 2 is 1.95 bits per heavy atom. The molecule has 0 aliphatic carbocycles. The molecule has 21 heavy (non-hydrogen) atoms. The standard InChI is InChI=1S/C13H18F2O5S/c1-3-19-12-8-9(4-5-11(12)20-13(14)15)10(16)6-7-21(2,17)18/h4-5,8,10,13,16H,3,6-7H2,1-2H3. The Hall–Kier alpha value is -1.41. The lowest BCUT2D eigenvalue weighted by molar-refractivity contribution is -0.0514. The van der Waals surface area contributed by atoms with Crippen LogP contribution in [0, 0.1) is 0 Å². The third-order valence-electron chi connectivity index (χ3n) is 2.63. The molecular formula is C13H18F2O5S. The third kappa shape index (κ3) is 6.26. The Morgan fingerprint density at radius 1 is 1.29 bits per heavy atom. The van der Waals surface area contributed by atoms with E-state index < -0.39 is 22.6 Å². The molecule has 0 bridgehead atoms. The number of halogens is 2. The number of benzene rings is 1. The second-order valence-electron chi connectivity index (χ2n) is 4.45. The predicted molar refractivity (Wildman–Crippen MR) is 73.5 cm³/mol. The molecule has 0 heterocycles. The van der Waals surface area contributed by atoms with Gasteiger partial charge in [-0.25, -0.2) is 8.42 Å². The molecule has 0 amide bonds. The number of aliphatic hydroxyl groups excluding tert-OH is 1. The highest BCUT2D eigenvalue weighted by Gasteiger charge is 2.16. The Bertz CT molecular complexity index is 560. The first-order chi connectivity index (χ1) is 9.73. The highest BCUT2D eigenvalue weighted by atomic mass is 32.2. The van der Waals surface area contributed by atoms with Gasteiger partial charge in [0.15, 0.2) is 11.5 Å². The number of alkyl halides is 2. The van der Waals surface area contributed by atoms with Crippen LogP contribution in [0.2, 0.25) is 0 Å². The van der Waals surface area contributed by atoms with E-state index in [0.717, 1.165) is 6.26 Å². The van der Waals surface area contributed by atoms with Crippen molar-refractivity contribution in [2.75, 3.05) is 18.6 Å². The van der Waals surface area contributed by atoms with Crippen molar-refractivity contribution >= 4 is 9.84 Å². The van der Waals surface area contributed by atoms with Crippen LogP contribution in [0.5, 0.6) is 11.5 Å². The van der Waals surface area contributed by atoms with E-state index in [4.69, 9.17) is 4.74 Å². The second kappa shape index (κ2) is 7.56. The molecule has 1 rings (SSSR count). The smallest absolute Gasteiger partial charge is 0.387 e. The van der Waals surface area contributed by atoms with E-state index in [1.807, 2.05) is 0 Å². The van der Waals surface area contributed by atoms with Crippen molar-refractivity contribution in [3.8, 4) is 11.5 Å². The van der Waals surface area contributed by atoms with Crippen molar-refractivity contribution in [2.45, 2.75) is 26.1 Å². The van der Waals surface area contributed by atoms with Crippen LogP contribution in [0.25, 0.3) is 0 Å². The average Bonchev–Trinajstić information content (AvgIpc) is 2.37. The SMILES string of the molecule is CCOc1cc(C(O)CCS(C)(=O)=O)ccc1OC(F)F. The van der Waals surface area contributed by atoms with Gasteiger partial charge in [0.1, 0.15) is 9.84 Å². The van der Waals surface area contributed by atoms with Gasteiger partial charge in [-0.3, -0.25) is 0 Å². The van der Waals surface area contributed by atoms with Crippen LogP contribution < -0.4 is 9.47 Å². The molecule has 120 valence electrons. The minimum absolute atomic E-state index is 0.0133. The van der Waals surface area contributed by atoms with Crippen LogP contribution in [0.1, 0.15) is 25.0 Å². The molecule has 0 saturated heterocycles. The molecule has 8 heteroatoms. The Morgan fingerprint density at radius 3 is 2.48 bits per heavy atom. The first-order valence-corrected chi connectivity index (χ1v) is 8.36. The molecule has 1 aromatic carbocycles. The van der Waals surface area contributed by atoms with Crippen LogP contribution >= 0.6 is 0 Å². The summed E-state index contributed by atoms with van der Waals surface area (Å²) in [6.45, 7) is -1.06. The maximum absolute atomic E-state index is 12.3. The Balaban J connectivity index is 2.90. The zero-order chi connectivity index (χ0) is 16.0. The summed E-state index contributed by atoms with van der Waals surface area (Å²) in [5.41, 5.74) is 0.378. The largest absolute Gasteiger partial charge is 0.490 e.